The first-order chi connectivity index (χ1) is 15.0. The molecule has 0 aliphatic carbocycles. The van der Waals surface area contributed by atoms with Crippen molar-refractivity contribution in [1.29, 1.82) is 5.26 Å². The summed E-state index contributed by atoms with van der Waals surface area (Å²) in [7, 11) is 1.47. The summed E-state index contributed by atoms with van der Waals surface area (Å²) in [6.07, 6.45) is 0.817. The van der Waals surface area contributed by atoms with E-state index in [0.717, 1.165) is 11.9 Å². The number of halogens is 1. The molecule has 0 aliphatic heterocycles. The molecule has 0 unspecified atom stereocenters. The molecule has 0 bridgehead atoms. The van der Waals surface area contributed by atoms with Crippen LogP contribution in [0, 0.1) is 11.3 Å². The van der Waals surface area contributed by atoms with Crippen LogP contribution in [0.1, 0.15) is 29.5 Å². The molecular weight excluding hydrogens is 466 g/mol. The molecule has 0 atom stereocenters. The maximum atomic E-state index is 12.5. The molecule has 0 aliphatic rings. The van der Waals surface area contributed by atoms with E-state index in [4.69, 9.17) is 14.2 Å². The van der Waals surface area contributed by atoms with Gasteiger partial charge in [0.25, 0.3) is 0 Å². The van der Waals surface area contributed by atoms with Crippen LogP contribution >= 0.6 is 15.9 Å². The molecule has 1 aromatic heterocycles. The maximum Gasteiger partial charge on any atom is 0.338 e. The Morgan fingerprint density at radius 1 is 1.32 bits per heavy atom. The van der Waals surface area contributed by atoms with Crippen molar-refractivity contribution in [2.75, 3.05) is 20.3 Å². The molecule has 160 valence electrons. The summed E-state index contributed by atoms with van der Waals surface area (Å²) in [6.45, 7) is 1.98. The van der Waals surface area contributed by atoms with Gasteiger partial charge in [-0.15, -0.1) is 0 Å². The Hall–Kier alpha value is -3.51. The van der Waals surface area contributed by atoms with Crippen molar-refractivity contribution < 1.29 is 24.1 Å². The second-order valence-electron chi connectivity index (χ2n) is 6.45. The van der Waals surface area contributed by atoms with Crippen LogP contribution in [-0.4, -0.2) is 41.4 Å². The number of H-pyrrole nitrogens is 1. The fraction of sp³-hybridized carbons (Fsp3) is 0.227. The summed E-state index contributed by atoms with van der Waals surface area (Å²) >= 11 is 3.37. The third-order valence-electron chi connectivity index (χ3n) is 4.28. The van der Waals surface area contributed by atoms with E-state index in [1.165, 1.54) is 13.2 Å². The molecule has 0 radical (unpaired) electrons. The van der Waals surface area contributed by atoms with Crippen LogP contribution in [0.3, 0.4) is 0 Å². The molecule has 3 aromatic rings. The standard InChI is InChI=1S/C22H20BrN3O5/c1-3-8-30-20-15(23)9-13(10-19(20)29-2)22(28)31-12-18(27)14(11-24)21-25-16-6-4-5-7-17(16)26-21/h4-7,9-10,27H,3,8,12H2,1-2H3,(H,25,26). The topological polar surface area (TPSA) is 117 Å². The average molecular weight is 486 g/mol. The molecule has 2 N–H and O–H groups in total. The molecule has 0 saturated heterocycles. The number of hydrogen-bond donors (Lipinski definition) is 2. The molecule has 1 heterocycles. The quantitative estimate of drug-likeness (QED) is 0.268. The second-order valence-corrected chi connectivity index (χ2v) is 7.30. The van der Waals surface area contributed by atoms with Gasteiger partial charge in [0.15, 0.2) is 23.1 Å². The number of nitrogens with zero attached hydrogens (tertiary/aromatic N) is 2. The third kappa shape index (κ3) is 4.98. The monoisotopic (exact) mass is 485 g/mol. The van der Waals surface area contributed by atoms with Crippen LogP contribution in [-0.2, 0) is 4.74 Å². The van der Waals surface area contributed by atoms with Gasteiger partial charge in [0, 0.05) is 0 Å². The van der Waals surface area contributed by atoms with Gasteiger partial charge in [-0.05, 0) is 46.6 Å². The summed E-state index contributed by atoms with van der Waals surface area (Å²) in [5, 5.41) is 19.8. The fourth-order valence-corrected chi connectivity index (χ4v) is 3.35. The summed E-state index contributed by atoms with van der Waals surface area (Å²) in [4.78, 5) is 19.8. The van der Waals surface area contributed by atoms with E-state index >= 15 is 0 Å². The van der Waals surface area contributed by atoms with E-state index in [0.29, 0.717) is 28.1 Å². The van der Waals surface area contributed by atoms with Crippen molar-refractivity contribution in [2.24, 2.45) is 0 Å². The van der Waals surface area contributed by atoms with Crippen molar-refractivity contribution >= 4 is 38.5 Å². The zero-order valence-electron chi connectivity index (χ0n) is 16.9. The second kappa shape index (κ2) is 10.00. The number of ether oxygens (including phenoxy) is 3. The number of carbonyl (C=O) groups is 1. The SMILES string of the molecule is CCCOc1c(Br)cc(C(=O)OCC(O)=C(C#N)c2nc3ccccc3[nH]2)cc1OC. The van der Waals surface area contributed by atoms with Crippen molar-refractivity contribution in [3.8, 4) is 17.6 Å². The van der Waals surface area contributed by atoms with E-state index in [2.05, 4.69) is 25.9 Å². The Labute approximate surface area is 187 Å². The lowest BCUT2D eigenvalue weighted by Gasteiger charge is -2.13. The van der Waals surface area contributed by atoms with Crippen molar-refractivity contribution in [2.45, 2.75) is 13.3 Å². The van der Waals surface area contributed by atoms with Crippen LogP contribution in [0.2, 0.25) is 0 Å². The molecule has 0 spiro atoms. The number of nitrogens with one attached hydrogen (secondary N) is 1. The van der Waals surface area contributed by atoms with E-state index in [1.807, 2.05) is 25.1 Å². The Kier molecular flexibility index (Phi) is 7.15. The molecular formula is C22H20BrN3O5. The van der Waals surface area contributed by atoms with Gasteiger partial charge in [-0.3, -0.25) is 0 Å². The van der Waals surface area contributed by atoms with Crippen LogP contribution < -0.4 is 9.47 Å². The Balaban J connectivity index is 1.78. The number of benzene rings is 2. The van der Waals surface area contributed by atoms with Crippen LogP contribution in [0.25, 0.3) is 16.6 Å². The predicted molar refractivity (Wildman–Crippen MR) is 118 cm³/mol. The van der Waals surface area contributed by atoms with E-state index < -0.39 is 18.3 Å². The number of esters is 1. The van der Waals surface area contributed by atoms with Gasteiger partial charge in [0.1, 0.15) is 18.2 Å². The number of aliphatic hydroxyl groups is 1. The number of fused-ring (bicyclic) bond motifs is 1. The van der Waals surface area contributed by atoms with Gasteiger partial charge in [-0.2, -0.15) is 5.26 Å². The lowest BCUT2D eigenvalue weighted by atomic mass is 10.2. The molecule has 0 fully saturated rings. The number of hydrogen-bond acceptors (Lipinski definition) is 7. The number of aromatic nitrogens is 2. The van der Waals surface area contributed by atoms with Gasteiger partial charge in [0.05, 0.1) is 34.8 Å². The number of methoxy groups -OCH3 is 1. The highest BCUT2D eigenvalue weighted by atomic mass is 79.9. The van der Waals surface area contributed by atoms with Crippen LogP contribution in [0.5, 0.6) is 11.5 Å². The van der Waals surface area contributed by atoms with Crippen molar-refractivity contribution in [1.82, 2.24) is 9.97 Å². The van der Waals surface area contributed by atoms with Gasteiger partial charge < -0.3 is 24.3 Å². The van der Waals surface area contributed by atoms with Crippen molar-refractivity contribution in [3.05, 3.63) is 58.0 Å². The van der Waals surface area contributed by atoms with Gasteiger partial charge >= 0.3 is 5.97 Å². The lowest BCUT2D eigenvalue weighted by Crippen LogP contribution is -2.10. The summed E-state index contributed by atoms with van der Waals surface area (Å²) in [6, 6.07) is 12.2. The van der Waals surface area contributed by atoms with Gasteiger partial charge in [0.2, 0.25) is 0 Å². The molecule has 0 amide bonds. The largest absolute Gasteiger partial charge is 0.507 e. The maximum absolute atomic E-state index is 12.5. The summed E-state index contributed by atoms with van der Waals surface area (Å²) in [5.41, 5.74) is 1.46. The van der Waals surface area contributed by atoms with Crippen LogP contribution in [0.4, 0.5) is 0 Å². The average Bonchev–Trinajstić information content (AvgIpc) is 3.20. The number of rotatable bonds is 8. The number of aliphatic hydroxyl groups excluding tert-OH is 1. The van der Waals surface area contributed by atoms with E-state index in [9.17, 15) is 15.2 Å². The lowest BCUT2D eigenvalue weighted by molar-refractivity contribution is 0.0502. The highest BCUT2D eigenvalue weighted by Gasteiger charge is 2.19. The Morgan fingerprint density at radius 3 is 2.77 bits per heavy atom. The van der Waals surface area contributed by atoms with E-state index in [-0.39, 0.29) is 17.0 Å². The minimum Gasteiger partial charge on any atom is -0.507 e. The van der Waals surface area contributed by atoms with Gasteiger partial charge in [-0.25, -0.2) is 9.78 Å². The molecule has 3 rings (SSSR count). The summed E-state index contributed by atoms with van der Waals surface area (Å²) < 4.78 is 16.7. The molecule has 2 aromatic carbocycles. The number of carbonyl (C=O) groups excluding carboxylic acids is 1. The first-order valence-corrected chi connectivity index (χ1v) is 10.2. The highest BCUT2D eigenvalue weighted by molar-refractivity contribution is 9.10. The van der Waals surface area contributed by atoms with Gasteiger partial charge in [-0.1, -0.05) is 19.1 Å². The highest BCUT2D eigenvalue weighted by Crippen LogP contribution is 2.37. The zero-order chi connectivity index (χ0) is 22.4. The molecule has 9 heteroatoms. The number of imidazole rings is 1. The van der Waals surface area contributed by atoms with Crippen LogP contribution in [0.15, 0.2) is 46.6 Å². The molecule has 0 saturated carbocycles. The van der Waals surface area contributed by atoms with Crippen molar-refractivity contribution in [3.63, 3.8) is 0 Å². The number of aromatic amines is 1. The predicted octanol–water partition coefficient (Wildman–Crippen LogP) is 4.77. The minimum atomic E-state index is -0.700. The smallest absolute Gasteiger partial charge is 0.338 e. The Bertz CT molecular complexity index is 1150. The third-order valence-corrected chi connectivity index (χ3v) is 4.87. The zero-order valence-corrected chi connectivity index (χ0v) is 18.5. The Morgan fingerprint density at radius 2 is 2.10 bits per heavy atom. The summed E-state index contributed by atoms with van der Waals surface area (Å²) in [5.74, 6) is -0.0627. The molecule has 31 heavy (non-hydrogen) atoms. The molecule has 8 nitrogen and oxygen atoms in total. The minimum absolute atomic E-state index is 0.105. The number of nitriles is 1. The first-order valence-electron chi connectivity index (χ1n) is 9.43. The van der Waals surface area contributed by atoms with E-state index in [1.54, 1.807) is 18.2 Å². The first kappa shape index (κ1) is 22.2. The number of allylic oxidation sites excluding steroid dienone is 1. The number of para-hydroxylation sites is 2. The normalized spacial score (nSPS) is 11.5. The fourth-order valence-electron chi connectivity index (χ4n) is 2.80.